The second-order valence-electron chi connectivity index (χ2n) is 5.17. The monoisotopic (exact) mass is 192 g/mol. The van der Waals surface area contributed by atoms with Gasteiger partial charge in [-0.05, 0) is 0 Å². The van der Waals surface area contributed by atoms with Crippen LogP contribution in [0.3, 0.4) is 0 Å². The summed E-state index contributed by atoms with van der Waals surface area (Å²) < 4.78 is 0. The molecule has 0 aromatic rings. The van der Waals surface area contributed by atoms with E-state index in [9.17, 15) is 4.89 Å². The number of rotatable bonds is 6. The number of hydrogen-bond acceptors (Lipinski definition) is 1. The van der Waals surface area contributed by atoms with Crippen LogP contribution < -0.4 is 0 Å². The Morgan fingerprint density at radius 3 is 1.83 bits per heavy atom. The summed E-state index contributed by atoms with van der Waals surface area (Å²) in [5.41, 5.74) is 0. The average Bonchev–Trinajstić information content (AvgIpc) is 1.83. The number of unbranched alkanes of at least 4 members (excludes halogenated alkanes) is 4. The van der Waals surface area contributed by atoms with Crippen LogP contribution >= 0.6 is 6.83 Å². The van der Waals surface area contributed by atoms with Crippen LogP contribution in [0, 0.1) is 0 Å². The first kappa shape index (κ1) is 12.4. The maximum atomic E-state index is 9.97. The maximum absolute atomic E-state index is 9.97. The molecule has 0 radical (unpaired) electrons. The standard InChI is InChI=1S/C10H25OP/c1-5-6-7-8-9-10-12(2,3,4)11/h11H,5-10H2,1-4H3. The number of hydrogen-bond donors (Lipinski definition) is 1. The summed E-state index contributed by atoms with van der Waals surface area (Å²) in [4.78, 5) is 9.97. The zero-order chi connectivity index (χ0) is 9.69. The Hall–Kier alpha value is 0.390. The van der Waals surface area contributed by atoms with Crippen molar-refractivity contribution in [3.05, 3.63) is 0 Å². The van der Waals surface area contributed by atoms with Gasteiger partial charge in [-0.15, -0.1) is 0 Å². The summed E-state index contributed by atoms with van der Waals surface area (Å²) in [6.45, 7) is 6.16. The van der Waals surface area contributed by atoms with E-state index in [2.05, 4.69) is 6.92 Å². The van der Waals surface area contributed by atoms with Gasteiger partial charge < -0.3 is 0 Å². The van der Waals surface area contributed by atoms with Crippen LogP contribution in [0.5, 0.6) is 0 Å². The molecule has 0 amide bonds. The van der Waals surface area contributed by atoms with Gasteiger partial charge in [0, 0.05) is 0 Å². The Morgan fingerprint density at radius 2 is 1.42 bits per heavy atom. The van der Waals surface area contributed by atoms with E-state index in [4.69, 9.17) is 0 Å². The van der Waals surface area contributed by atoms with Crippen molar-refractivity contribution in [3.63, 3.8) is 0 Å². The summed E-state index contributed by atoms with van der Waals surface area (Å²) in [6.07, 6.45) is 7.52. The quantitative estimate of drug-likeness (QED) is 0.505. The summed E-state index contributed by atoms with van der Waals surface area (Å²) in [5, 5.41) is 0. The van der Waals surface area contributed by atoms with Crippen LogP contribution in [0.4, 0.5) is 0 Å². The fourth-order valence-corrected chi connectivity index (χ4v) is 2.57. The Bertz CT molecular complexity index is 114. The molecule has 2 heteroatoms. The van der Waals surface area contributed by atoms with E-state index in [-0.39, 0.29) is 0 Å². The molecule has 0 saturated heterocycles. The molecule has 0 unspecified atom stereocenters. The zero-order valence-electron chi connectivity index (χ0n) is 9.14. The molecular formula is C10H25OP. The van der Waals surface area contributed by atoms with Crippen molar-refractivity contribution in [3.8, 4) is 0 Å². The van der Waals surface area contributed by atoms with Gasteiger partial charge in [0.2, 0.25) is 0 Å². The van der Waals surface area contributed by atoms with E-state index in [0.717, 1.165) is 6.16 Å². The molecular weight excluding hydrogens is 167 g/mol. The summed E-state index contributed by atoms with van der Waals surface area (Å²) in [5.74, 6) is 0. The van der Waals surface area contributed by atoms with Gasteiger partial charge in [-0.25, -0.2) is 0 Å². The van der Waals surface area contributed by atoms with E-state index < -0.39 is 6.83 Å². The van der Waals surface area contributed by atoms with Crippen LogP contribution in [0.1, 0.15) is 39.0 Å². The van der Waals surface area contributed by atoms with Crippen LogP contribution in [-0.2, 0) is 0 Å². The van der Waals surface area contributed by atoms with Gasteiger partial charge in [0.15, 0.2) is 0 Å². The van der Waals surface area contributed by atoms with Crippen LogP contribution in [0.15, 0.2) is 0 Å². The molecule has 0 aromatic carbocycles. The van der Waals surface area contributed by atoms with Crippen LogP contribution in [0.25, 0.3) is 0 Å². The molecule has 0 aromatic heterocycles. The molecule has 1 N–H and O–H groups in total. The average molecular weight is 192 g/mol. The van der Waals surface area contributed by atoms with Crippen molar-refractivity contribution in [2.45, 2.75) is 39.0 Å². The van der Waals surface area contributed by atoms with Crippen molar-refractivity contribution in [1.82, 2.24) is 0 Å². The van der Waals surface area contributed by atoms with Gasteiger partial charge in [-0.1, -0.05) is 0 Å². The van der Waals surface area contributed by atoms with E-state index in [1.807, 2.05) is 20.0 Å². The molecule has 0 aliphatic carbocycles. The minimum atomic E-state index is -2.17. The van der Waals surface area contributed by atoms with Crippen molar-refractivity contribution in [2.24, 2.45) is 0 Å². The molecule has 0 heterocycles. The fourth-order valence-electron chi connectivity index (χ4n) is 1.26. The second-order valence-corrected chi connectivity index (χ2v) is 11.7. The van der Waals surface area contributed by atoms with Crippen molar-refractivity contribution >= 4 is 6.83 Å². The summed E-state index contributed by atoms with van der Waals surface area (Å²) in [7, 11) is 0. The van der Waals surface area contributed by atoms with Crippen molar-refractivity contribution < 1.29 is 4.89 Å². The van der Waals surface area contributed by atoms with Gasteiger partial charge in [-0.2, -0.15) is 0 Å². The SMILES string of the molecule is CCCCCCCP(C)(C)(C)O. The molecule has 0 bridgehead atoms. The predicted molar refractivity (Wildman–Crippen MR) is 60.5 cm³/mol. The summed E-state index contributed by atoms with van der Waals surface area (Å²) in [6, 6.07) is 0. The Labute approximate surface area is 77.6 Å². The van der Waals surface area contributed by atoms with Crippen molar-refractivity contribution in [1.29, 1.82) is 0 Å². The molecule has 1 nitrogen and oxygen atoms in total. The van der Waals surface area contributed by atoms with E-state index in [1.54, 1.807) is 0 Å². The Balaban J connectivity index is 3.32. The summed E-state index contributed by atoms with van der Waals surface area (Å²) >= 11 is 0. The van der Waals surface area contributed by atoms with Gasteiger partial charge >= 0.3 is 76.9 Å². The molecule has 0 fully saturated rings. The van der Waals surface area contributed by atoms with E-state index in [1.165, 1.54) is 32.1 Å². The van der Waals surface area contributed by atoms with Crippen molar-refractivity contribution in [2.75, 3.05) is 26.2 Å². The molecule has 0 aliphatic rings. The molecule has 0 atom stereocenters. The third-order valence-electron chi connectivity index (χ3n) is 2.03. The molecule has 12 heavy (non-hydrogen) atoms. The fraction of sp³-hybridized carbons (Fsp3) is 1.00. The Kier molecular flexibility index (Phi) is 4.73. The molecule has 0 rings (SSSR count). The third-order valence-corrected chi connectivity index (χ3v) is 3.89. The minimum absolute atomic E-state index is 1.04. The van der Waals surface area contributed by atoms with E-state index >= 15 is 0 Å². The van der Waals surface area contributed by atoms with Gasteiger partial charge in [0.1, 0.15) is 0 Å². The first-order chi connectivity index (χ1) is 5.31. The topological polar surface area (TPSA) is 20.2 Å². The third kappa shape index (κ3) is 10.4. The molecule has 76 valence electrons. The van der Waals surface area contributed by atoms with Gasteiger partial charge in [-0.3, -0.25) is 0 Å². The molecule has 0 saturated carbocycles. The first-order valence-electron chi connectivity index (χ1n) is 5.06. The molecule has 0 aliphatic heterocycles. The Morgan fingerprint density at radius 1 is 0.917 bits per heavy atom. The van der Waals surface area contributed by atoms with E-state index in [0.29, 0.717) is 0 Å². The predicted octanol–water partition coefficient (Wildman–Crippen LogP) is 3.31. The van der Waals surface area contributed by atoms with Crippen LogP contribution in [-0.4, -0.2) is 31.0 Å². The second kappa shape index (κ2) is 4.58. The first-order valence-corrected chi connectivity index (χ1v) is 8.78. The van der Waals surface area contributed by atoms with Crippen LogP contribution in [0.2, 0.25) is 0 Å². The molecule has 0 spiro atoms. The zero-order valence-corrected chi connectivity index (χ0v) is 10.0. The normalized spacial score (nSPS) is 15.6. The van der Waals surface area contributed by atoms with Gasteiger partial charge in [0.25, 0.3) is 0 Å². The van der Waals surface area contributed by atoms with Gasteiger partial charge in [0.05, 0.1) is 0 Å².